The third-order valence-electron chi connectivity index (χ3n) is 16.5. The van der Waals surface area contributed by atoms with Gasteiger partial charge in [-0.1, -0.05) is 287 Å². The van der Waals surface area contributed by atoms with E-state index in [2.05, 4.69) is 55.4 Å². The zero-order valence-electron chi connectivity index (χ0n) is 57.3. The third kappa shape index (κ3) is 60.3. The summed E-state index contributed by atoms with van der Waals surface area (Å²) in [5, 5.41) is 10.6. The van der Waals surface area contributed by atoms with Gasteiger partial charge in [0.05, 0.1) is 26.4 Å². The van der Waals surface area contributed by atoms with Crippen molar-refractivity contribution in [2.75, 3.05) is 39.6 Å². The Morgan fingerprint density at radius 2 is 0.545 bits per heavy atom. The Morgan fingerprint density at radius 3 is 0.807 bits per heavy atom. The maximum atomic E-state index is 13.0. The number of aliphatic hydroxyl groups is 1. The number of carbonyl (C=O) groups is 4. The van der Waals surface area contributed by atoms with Gasteiger partial charge in [0.25, 0.3) is 0 Å². The van der Waals surface area contributed by atoms with Crippen molar-refractivity contribution in [1.82, 2.24) is 0 Å². The first-order chi connectivity index (χ1) is 42.2. The minimum Gasteiger partial charge on any atom is -0.462 e. The van der Waals surface area contributed by atoms with Crippen molar-refractivity contribution in [1.29, 1.82) is 0 Å². The fourth-order valence-electron chi connectivity index (χ4n) is 10.2. The van der Waals surface area contributed by atoms with Gasteiger partial charge in [0, 0.05) is 25.7 Å². The Hall–Kier alpha value is -1.94. The van der Waals surface area contributed by atoms with Gasteiger partial charge in [-0.25, -0.2) is 9.13 Å². The quantitative estimate of drug-likeness (QED) is 0.0222. The molecule has 0 bridgehead atoms. The number of aliphatic hydroxyl groups excluding tert-OH is 1. The number of hydrogen-bond acceptors (Lipinski definition) is 15. The fraction of sp³-hybridized carbons (Fsp3) is 0.942. The minimum absolute atomic E-state index is 0.102. The number of phosphoric ester groups is 2. The number of unbranched alkanes of at least 4 members (excludes halogenated alkanes) is 30. The first kappa shape index (κ1) is 86.1. The molecule has 0 saturated carbocycles. The topological polar surface area (TPSA) is 237 Å². The molecule has 17 nitrogen and oxygen atoms in total. The summed E-state index contributed by atoms with van der Waals surface area (Å²) in [6.07, 6.45) is 40.5. The number of esters is 4. The van der Waals surface area contributed by atoms with Crippen LogP contribution >= 0.6 is 15.6 Å². The van der Waals surface area contributed by atoms with Crippen LogP contribution in [-0.2, 0) is 65.4 Å². The molecule has 0 rings (SSSR count). The molecule has 0 heterocycles. The Labute approximate surface area is 537 Å². The molecule has 4 unspecified atom stereocenters. The molecule has 3 N–H and O–H groups in total. The molecule has 0 amide bonds. The largest absolute Gasteiger partial charge is 0.472 e. The second kappa shape index (κ2) is 58.8. The van der Waals surface area contributed by atoms with Crippen LogP contribution in [-0.4, -0.2) is 96.7 Å². The molecule has 0 aromatic rings. The smallest absolute Gasteiger partial charge is 0.462 e. The molecule has 0 radical (unpaired) electrons. The first-order valence-electron chi connectivity index (χ1n) is 35.8. The van der Waals surface area contributed by atoms with Crippen molar-refractivity contribution in [3.05, 3.63) is 0 Å². The minimum atomic E-state index is -4.95. The van der Waals surface area contributed by atoms with Gasteiger partial charge >= 0.3 is 39.5 Å². The highest BCUT2D eigenvalue weighted by molar-refractivity contribution is 7.47. The van der Waals surface area contributed by atoms with Gasteiger partial charge in [-0.05, 0) is 49.4 Å². The number of hydrogen-bond donors (Lipinski definition) is 3. The van der Waals surface area contributed by atoms with Gasteiger partial charge in [0.1, 0.15) is 19.3 Å². The second-order valence-electron chi connectivity index (χ2n) is 26.4. The van der Waals surface area contributed by atoms with Crippen molar-refractivity contribution in [3.63, 3.8) is 0 Å². The van der Waals surface area contributed by atoms with E-state index < -0.39 is 97.5 Å². The summed E-state index contributed by atoms with van der Waals surface area (Å²) >= 11 is 0. The molecular formula is C69H134O17P2. The van der Waals surface area contributed by atoms with E-state index in [0.29, 0.717) is 31.6 Å². The highest BCUT2D eigenvalue weighted by Crippen LogP contribution is 2.45. The number of phosphoric acid groups is 2. The summed E-state index contributed by atoms with van der Waals surface area (Å²) in [7, 11) is -9.90. The average Bonchev–Trinajstić information content (AvgIpc) is 3.55. The highest BCUT2D eigenvalue weighted by atomic mass is 31.2. The molecule has 0 saturated heterocycles. The molecule has 88 heavy (non-hydrogen) atoms. The SMILES string of the molecule is CCC(C)CCCCCCCCC(=O)OC[C@H](COP(=O)(O)OC[C@@H](O)COP(=O)(O)OC[C@@H](COC(=O)CCCCCCCCC(C)CC)OC(=O)CCCCCCCCCC(C)C)OC(=O)CCCCCCCCCCCCCCCCCC(C)C. The van der Waals surface area contributed by atoms with Crippen LogP contribution in [0.1, 0.15) is 338 Å². The van der Waals surface area contributed by atoms with Crippen molar-refractivity contribution in [2.24, 2.45) is 23.7 Å². The van der Waals surface area contributed by atoms with E-state index in [9.17, 15) is 43.2 Å². The van der Waals surface area contributed by atoms with Crippen LogP contribution in [0, 0.1) is 23.7 Å². The molecule has 19 heteroatoms. The van der Waals surface area contributed by atoms with Crippen LogP contribution in [0.4, 0.5) is 0 Å². The van der Waals surface area contributed by atoms with Crippen LogP contribution in [0.2, 0.25) is 0 Å². The van der Waals surface area contributed by atoms with E-state index in [-0.39, 0.29) is 25.7 Å². The molecule has 0 fully saturated rings. The summed E-state index contributed by atoms with van der Waals surface area (Å²) in [5.41, 5.74) is 0. The number of ether oxygens (including phenoxy) is 4. The molecule has 522 valence electrons. The first-order valence-corrected chi connectivity index (χ1v) is 38.8. The van der Waals surface area contributed by atoms with E-state index in [1.807, 2.05) is 0 Å². The van der Waals surface area contributed by atoms with Crippen LogP contribution in [0.15, 0.2) is 0 Å². The van der Waals surface area contributed by atoms with Crippen LogP contribution in [0.3, 0.4) is 0 Å². The molecule has 0 aliphatic rings. The van der Waals surface area contributed by atoms with E-state index in [4.69, 9.17) is 37.0 Å². The highest BCUT2D eigenvalue weighted by Gasteiger charge is 2.30. The average molecular weight is 1300 g/mol. The molecule has 0 aromatic carbocycles. The van der Waals surface area contributed by atoms with Crippen molar-refractivity contribution >= 4 is 39.5 Å². The maximum absolute atomic E-state index is 13.0. The van der Waals surface area contributed by atoms with Gasteiger partial charge in [-0.15, -0.1) is 0 Å². The predicted octanol–water partition coefficient (Wildman–Crippen LogP) is 19.3. The Bertz CT molecular complexity index is 1750. The van der Waals surface area contributed by atoms with Gasteiger partial charge in [-0.3, -0.25) is 37.3 Å². The molecule has 0 aromatic heterocycles. The number of rotatable bonds is 66. The Balaban J connectivity index is 5.22. The third-order valence-corrected chi connectivity index (χ3v) is 18.4. The van der Waals surface area contributed by atoms with Crippen LogP contribution < -0.4 is 0 Å². The lowest BCUT2D eigenvalue weighted by molar-refractivity contribution is -0.161. The Kier molecular flexibility index (Phi) is 57.6. The summed E-state index contributed by atoms with van der Waals surface area (Å²) < 4.78 is 68.2. The zero-order chi connectivity index (χ0) is 65.4. The van der Waals surface area contributed by atoms with Gasteiger partial charge in [-0.2, -0.15) is 0 Å². The van der Waals surface area contributed by atoms with E-state index in [0.717, 1.165) is 120 Å². The lowest BCUT2D eigenvalue weighted by atomic mass is 10.00. The number of carbonyl (C=O) groups excluding carboxylic acids is 4. The molecule has 7 atom stereocenters. The van der Waals surface area contributed by atoms with Crippen molar-refractivity contribution in [2.45, 2.75) is 356 Å². The van der Waals surface area contributed by atoms with Gasteiger partial charge in [0.15, 0.2) is 12.2 Å². The predicted molar refractivity (Wildman–Crippen MR) is 354 cm³/mol. The summed E-state index contributed by atoms with van der Waals surface area (Å²) in [6.45, 7) is 14.0. The van der Waals surface area contributed by atoms with Crippen molar-refractivity contribution < 1.29 is 80.2 Å². The van der Waals surface area contributed by atoms with Gasteiger partial charge in [0.2, 0.25) is 0 Å². The standard InChI is InChI=1S/C69H134O17P2/c1-9-61(7)47-39-31-25-27-33-41-49-66(71)79-55-64(85-68(73)51-43-35-23-19-17-15-13-11-12-14-16-18-21-29-37-45-59(3)4)57-83-87(75,76)81-53-63(70)54-82-88(77,78)84-58-65(86-69(74)52-44-36-24-20-22-30-38-46-60(5)6)56-80-67(72)50-42-34-28-26-32-40-48-62(8)10-2/h59-65,70H,9-58H2,1-8H3,(H,75,76)(H,77,78)/t61?,62?,63-,64-,65-/m1/s1. The summed E-state index contributed by atoms with van der Waals surface area (Å²) in [4.78, 5) is 72.4. The van der Waals surface area contributed by atoms with E-state index in [1.54, 1.807) is 0 Å². The fourth-order valence-corrected chi connectivity index (χ4v) is 11.8. The summed E-state index contributed by atoms with van der Waals surface area (Å²) in [5.74, 6) is 0.825. The Morgan fingerprint density at radius 1 is 0.318 bits per heavy atom. The molecule has 0 aliphatic heterocycles. The van der Waals surface area contributed by atoms with Crippen LogP contribution in [0.25, 0.3) is 0 Å². The lowest BCUT2D eigenvalue weighted by Crippen LogP contribution is -2.30. The lowest BCUT2D eigenvalue weighted by Gasteiger charge is -2.21. The molecular weight excluding hydrogens is 1160 g/mol. The normalized spacial score (nSPS) is 14.9. The zero-order valence-corrected chi connectivity index (χ0v) is 59.1. The van der Waals surface area contributed by atoms with E-state index in [1.165, 1.54) is 128 Å². The van der Waals surface area contributed by atoms with Crippen LogP contribution in [0.5, 0.6) is 0 Å². The molecule has 0 aliphatic carbocycles. The maximum Gasteiger partial charge on any atom is 0.472 e. The molecule has 0 spiro atoms. The summed E-state index contributed by atoms with van der Waals surface area (Å²) in [6, 6.07) is 0. The van der Waals surface area contributed by atoms with Gasteiger partial charge < -0.3 is 33.8 Å². The second-order valence-corrected chi connectivity index (χ2v) is 29.3. The van der Waals surface area contributed by atoms with Crippen molar-refractivity contribution in [3.8, 4) is 0 Å². The van der Waals surface area contributed by atoms with E-state index >= 15 is 0 Å². The monoisotopic (exact) mass is 1300 g/mol.